The van der Waals surface area contributed by atoms with Crippen LogP contribution in [0.5, 0.6) is 11.5 Å². The number of methoxy groups -OCH3 is 2. The van der Waals surface area contributed by atoms with E-state index in [4.69, 9.17) is 25.3 Å². The summed E-state index contributed by atoms with van der Waals surface area (Å²) in [5.41, 5.74) is 9.54. The lowest BCUT2D eigenvalue weighted by molar-refractivity contribution is 0.414. The van der Waals surface area contributed by atoms with Gasteiger partial charge in [-0.25, -0.2) is 9.67 Å². The third-order valence-electron chi connectivity index (χ3n) is 5.47. The Morgan fingerprint density at radius 1 is 1.03 bits per heavy atom. The second-order valence-electron chi connectivity index (χ2n) is 7.65. The maximum absolute atomic E-state index is 6.57. The first-order chi connectivity index (χ1) is 15.2. The molecule has 0 amide bonds. The molecule has 4 aromatic rings. The molecule has 0 aliphatic heterocycles. The summed E-state index contributed by atoms with van der Waals surface area (Å²) in [7, 11) is 3.28. The smallest absolute Gasteiger partial charge is 0.225 e. The Morgan fingerprint density at radius 3 is 2.52 bits per heavy atom. The summed E-state index contributed by atoms with van der Waals surface area (Å²) < 4.78 is 12.4. The average Bonchev–Trinajstić information content (AvgIpc) is 3.59. The molecule has 1 aliphatic rings. The lowest BCUT2D eigenvalue weighted by atomic mass is 10.1. The topological polar surface area (TPSA) is 100 Å². The number of nitrogen functional groups attached to an aromatic ring is 1. The van der Waals surface area contributed by atoms with Gasteiger partial charge in [0.15, 0.2) is 5.65 Å². The lowest BCUT2D eigenvalue weighted by Crippen LogP contribution is -2.07. The quantitative estimate of drug-likeness (QED) is 0.471. The number of ether oxygens (including phenoxy) is 2. The van der Waals surface area contributed by atoms with E-state index in [2.05, 4.69) is 10.3 Å². The fourth-order valence-electron chi connectivity index (χ4n) is 3.55. The van der Waals surface area contributed by atoms with E-state index < -0.39 is 0 Å². The van der Waals surface area contributed by atoms with E-state index in [0.717, 1.165) is 35.0 Å². The number of rotatable bonds is 7. The van der Waals surface area contributed by atoms with Crippen LogP contribution in [0.4, 0.5) is 11.8 Å². The van der Waals surface area contributed by atoms with Crippen molar-refractivity contribution in [1.82, 2.24) is 19.7 Å². The molecule has 1 saturated carbocycles. The van der Waals surface area contributed by atoms with Gasteiger partial charge in [0.25, 0.3) is 0 Å². The SMILES string of the molecule is COc1ccc(-n2nc3nc(NCC4CC4)nc(-c4cccc(OC)c4)c3c2N)cc1. The average molecular weight is 416 g/mol. The van der Waals surface area contributed by atoms with Crippen molar-refractivity contribution in [1.29, 1.82) is 0 Å². The molecule has 0 bridgehead atoms. The molecule has 2 aromatic heterocycles. The number of hydrogen-bond acceptors (Lipinski definition) is 7. The fourth-order valence-corrected chi connectivity index (χ4v) is 3.55. The molecule has 0 radical (unpaired) electrons. The Hall–Kier alpha value is -3.81. The molecular formula is C23H24N6O2. The standard InChI is InChI=1S/C23H24N6O2/c1-30-17-10-8-16(9-11-17)29-21(24)19-20(15-4-3-5-18(12-15)31-2)26-23(27-22(19)28-29)25-13-14-6-7-14/h3-5,8-12,14H,6-7,13,24H2,1-2H3,(H,25,27,28). The Labute approximate surface area is 180 Å². The third kappa shape index (κ3) is 3.72. The minimum atomic E-state index is 0.478. The maximum Gasteiger partial charge on any atom is 0.225 e. The van der Waals surface area contributed by atoms with Gasteiger partial charge in [-0.05, 0) is 55.2 Å². The summed E-state index contributed by atoms with van der Waals surface area (Å²) in [6.07, 6.45) is 2.49. The summed E-state index contributed by atoms with van der Waals surface area (Å²) >= 11 is 0. The highest BCUT2D eigenvalue weighted by Crippen LogP contribution is 2.35. The van der Waals surface area contributed by atoms with Crippen molar-refractivity contribution in [2.45, 2.75) is 12.8 Å². The van der Waals surface area contributed by atoms with Gasteiger partial charge >= 0.3 is 0 Å². The number of fused-ring (bicyclic) bond motifs is 1. The van der Waals surface area contributed by atoms with Gasteiger partial charge < -0.3 is 20.5 Å². The minimum absolute atomic E-state index is 0.478. The molecule has 31 heavy (non-hydrogen) atoms. The number of hydrogen-bond donors (Lipinski definition) is 2. The molecule has 5 rings (SSSR count). The first-order valence-corrected chi connectivity index (χ1v) is 10.2. The van der Waals surface area contributed by atoms with E-state index in [9.17, 15) is 0 Å². The second-order valence-corrected chi connectivity index (χ2v) is 7.65. The van der Waals surface area contributed by atoms with Crippen LogP contribution in [-0.4, -0.2) is 40.5 Å². The molecule has 1 aliphatic carbocycles. The van der Waals surface area contributed by atoms with Crippen LogP contribution in [0.3, 0.4) is 0 Å². The first-order valence-electron chi connectivity index (χ1n) is 10.2. The molecular weight excluding hydrogens is 392 g/mol. The molecule has 2 aromatic carbocycles. The van der Waals surface area contributed by atoms with Crippen molar-refractivity contribution in [2.75, 3.05) is 31.8 Å². The Bertz CT molecular complexity index is 1230. The molecule has 1 fully saturated rings. The lowest BCUT2D eigenvalue weighted by Gasteiger charge is -2.09. The summed E-state index contributed by atoms with van der Waals surface area (Å²) in [5, 5.41) is 8.77. The van der Waals surface area contributed by atoms with Crippen molar-refractivity contribution in [3.63, 3.8) is 0 Å². The van der Waals surface area contributed by atoms with Gasteiger partial charge in [0.1, 0.15) is 17.3 Å². The number of nitrogens with zero attached hydrogens (tertiary/aromatic N) is 4. The first kappa shape index (κ1) is 19.2. The van der Waals surface area contributed by atoms with Crippen molar-refractivity contribution in [3.05, 3.63) is 48.5 Å². The monoisotopic (exact) mass is 416 g/mol. The minimum Gasteiger partial charge on any atom is -0.497 e. The zero-order valence-electron chi connectivity index (χ0n) is 17.5. The van der Waals surface area contributed by atoms with Gasteiger partial charge in [-0.3, -0.25) is 0 Å². The highest BCUT2D eigenvalue weighted by atomic mass is 16.5. The van der Waals surface area contributed by atoms with E-state index in [-0.39, 0.29) is 0 Å². The molecule has 8 heteroatoms. The predicted octanol–water partition coefficient (Wildman–Crippen LogP) is 3.90. The van der Waals surface area contributed by atoms with E-state index in [1.54, 1.807) is 18.9 Å². The van der Waals surface area contributed by atoms with Crippen molar-refractivity contribution >= 4 is 22.8 Å². The highest BCUT2D eigenvalue weighted by Gasteiger charge is 2.23. The molecule has 0 spiro atoms. The molecule has 3 N–H and O–H groups in total. The van der Waals surface area contributed by atoms with Crippen LogP contribution < -0.4 is 20.5 Å². The summed E-state index contributed by atoms with van der Waals surface area (Å²) in [6, 6.07) is 15.3. The van der Waals surface area contributed by atoms with Gasteiger partial charge in [-0.15, -0.1) is 5.10 Å². The van der Waals surface area contributed by atoms with Gasteiger partial charge in [-0.2, -0.15) is 4.98 Å². The van der Waals surface area contributed by atoms with Crippen molar-refractivity contribution in [3.8, 4) is 28.4 Å². The van der Waals surface area contributed by atoms with E-state index in [1.807, 2.05) is 48.5 Å². The molecule has 158 valence electrons. The number of nitrogens with one attached hydrogen (secondary N) is 1. The predicted molar refractivity (Wildman–Crippen MR) is 121 cm³/mol. The summed E-state index contributed by atoms with van der Waals surface area (Å²) in [4.78, 5) is 9.46. The highest BCUT2D eigenvalue weighted by molar-refractivity contribution is 5.99. The largest absolute Gasteiger partial charge is 0.497 e. The molecule has 2 heterocycles. The summed E-state index contributed by atoms with van der Waals surface area (Å²) in [6.45, 7) is 0.859. The molecule has 8 nitrogen and oxygen atoms in total. The second kappa shape index (κ2) is 7.79. The number of aromatic nitrogens is 4. The Balaban J connectivity index is 1.66. The van der Waals surface area contributed by atoms with Crippen molar-refractivity contribution < 1.29 is 9.47 Å². The maximum atomic E-state index is 6.57. The van der Waals surface area contributed by atoms with Gasteiger partial charge in [0.05, 0.1) is 31.0 Å². The third-order valence-corrected chi connectivity index (χ3v) is 5.47. The molecule has 0 saturated heterocycles. The Morgan fingerprint density at radius 2 is 1.81 bits per heavy atom. The normalized spacial score (nSPS) is 13.4. The van der Waals surface area contributed by atoms with Gasteiger partial charge in [0.2, 0.25) is 5.95 Å². The van der Waals surface area contributed by atoms with Crippen LogP contribution in [0.15, 0.2) is 48.5 Å². The van der Waals surface area contributed by atoms with Crippen LogP contribution in [-0.2, 0) is 0 Å². The Kier molecular flexibility index (Phi) is 4.82. The van der Waals surface area contributed by atoms with Crippen LogP contribution in [0.2, 0.25) is 0 Å². The van der Waals surface area contributed by atoms with Gasteiger partial charge in [-0.1, -0.05) is 12.1 Å². The summed E-state index contributed by atoms with van der Waals surface area (Å²) in [5.74, 6) is 3.24. The van der Waals surface area contributed by atoms with Crippen LogP contribution >= 0.6 is 0 Å². The van der Waals surface area contributed by atoms with Crippen LogP contribution in [0.25, 0.3) is 28.0 Å². The number of benzene rings is 2. The van der Waals surface area contributed by atoms with E-state index >= 15 is 0 Å². The number of nitrogens with two attached hydrogens (primary N) is 1. The van der Waals surface area contributed by atoms with Crippen LogP contribution in [0.1, 0.15) is 12.8 Å². The number of anilines is 2. The molecule has 0 atom stereocenters. The zero-order chi connectivity index (χ0) is 21.4. The van der Waals surface area contributed by atoms with Gasteiger partial charge in [0, 0.05) is 12.1 Å². The van der Waals surface area contributed by atoms with E-state index in [0.29, 0.717) is 28.7 Å². The van der Waals surface area contributed by atoms with Crippen LogP contribution in [0, 0.1) is 5.92 Å². The van der Waals surface area contributed by atoms with E-state index in [1.165, 1.54) is 12.8 Å². The molecule has 0 unspecified atom stereocenters. The van der Waals surface area contributed by atoms with Crippen molar-refractivity contribution in [2.24, 2.45) is 5.92 Å². The zero-order valence-corrected chi connectivity index (χ0v) is 17.5. The fraction of sp³-hybridized carbons (Fsp3) is 0.261.